The van der Waals surface area contributed by atoms with Gasteiger partial charge in [0.15, 0.2) is 15.5 Å². The van der Waals surface area contributed by atoms with Crippen molar-refractivity contribution in [2.45, 2.75) is 18.1 Å². The Bertz CT molecular complexity index is 605. The number of aromatic nitrogens is 1. The normalized spacial score (nSPS) is 21.2. The largest absolute Gasteiger partial charge is 0.475 e. The van der Waals surface area contributed by atoms with Gasteiger partial charge in [0.2, 0.25) is 5.76 Å². The lowest BCUT2D eigenvalue weighted by Gasteiger charge is -2.09. The molecule has 1 unspecified atom stereocenters. The van der Waals surface area contributed by atoms with Crippen LogP contribution in [0.1, 0.15) is 33.9 Å². The first-order valence-corrected chi connectivity index (χ1v) is 7.31. The second-order valence-corrected chi connectivity index (χ2v) is 6.62. The van der Waals surface area contributed by atoms with Gasteiger partial charge in [-0.15, -0.1) is 0 Å². The van der Waals surface area contributed by atoms with E-state index in [9.17, 15) is 18.0 Å². The van der Waals surface area contributed by atoms with E-state index >= 15 is 0 Å². The summed E-state index contributed by atoms with van der Waals surface area (Å²) in [5.41, 5.74) is -0.187. The van der Waals surface area contributed by atoms with Gasteiger partial charge in [-0.05, 0) is 12.8 Å². The molecule has 2 N–H and O–H groups in total. The van der Waals surface area contributed by atoms with Crippen LogP contribution >= 0.6 is 0 Å². The van der Waals surface area contributed by atoms with Gasteiger partial charge in [0.1, 0.15) is 0 Å². The van der Waals surface area contributed by atoms with Gasteiger partial charge in [-0.1, -0.05) is 5.16 Å². The lowest BCUT2D eigenvalue weighted by Crippen LogP contribution is -2.34. The third-order valence-electron chi connectivity index (χ3n) is 2.91. The monoisotopic (exact) mass is 288 g/mol. The highest BCUT2D eigenvalue weighted by Crippen LogP contribution is 2.19. The maximum Gasteiger partial charge on any atom is 0.374 e. The van der Waals surface area contributed by atoms with Crippen LogP contribution in [0.4, 0.5) is 0 Å². The number of carboxylic acids is 1. The van der Waals surface area contributed by atoms with Crippen molar-refractivity contribution < 1.29 is 27.6 Å². The van der Waals surface area contributed by atoms with Crippen LogP contribution in [-0.2, 0) is 9.84 Å². The summed E-state index contributed by atoms with van der Waals surface area (Å²) in [5.74, 6) is -2.29. The second kappa shape index (κ2) is 5.00. The standard InChI is InChI=1S/C10H12N2O6S/c13-9(7-4-8(10(14)15)18-12-7)11-5-6-2-1-3-19(6,16)17/h4,6H,1-3,5H2,(H,11,13)(H,14,15). The summed E-state index contributed by atoms with van der Waals surface area (Å²) in [6.45, 7) is -0.00354. The smallest absolute Gasteiger partial charge is 0.374 e. The quantitative estimate of drug-likeness (QED) is 0.777. The average molecular weight is 288 g/mol. The molecule has 0 radical (unpaired) electrons. The molecule has 1 fully saturated rings. The van der Waals surface area contributed by atoms with E-state index in [1.807, 2.05) is 0 Å². The van der Waals surface area contributed by atoms with Crippen molar-refractivity contribution in [3.8, 4) is 0 Å². The minimum atomic E-state index is -3.13. The third kappa shape index (κ3) is 2.92. The minimum Gasteiger partial charge on any atom is -0.475 e. The van der Waals surface area contributed by atoms with E-state index in [1.165, 1.54) is 0 Å². The third-order valence-corrected chi connectivity index (χ3v) is 5.18. The molecule has 2 rings (SSSR count). The summed E-state index contributed by atoms with van der Waals surface area (Å²) in [5, 5.41) is 13.7. The summed E-state index contributed by atoms with van der Waals surface area (Å²) in [6.07, 6.45) is 1.11. The van der Waals surface area contributed by atoms with E-state index in [0.717, 1.165) is 6.07 Å². The fourth-order valence-electron chi connectivity index (χ4n) is 1.87. The van der Waals surface area contributed by atoms with Crippen LogP contribution in [0.25, 0.3) is 0 Å². The molecular formula is C10H12N2O6S. The van der Waals surface area contributed by atoms with Crippen LogP contribution in [0.15, 0.2) is 10.6 Å². The molecule has 9 heteroatoms. The molecule has 0 spiro atoms. The number of sulfone groups is 1. The summed E-state index contributed by atoms with van der Waals surface area (Å²) in [4.78, 5) is 22.2. The Hall–Kier alpha value is -1.90. The van der Waals surface area contributed by atoms with Crippen LogP contribution in [0.3, 0.4) is 0 Å². The summed E-state index contributed by atoms with van der Waals surface area (Å²) in [7, 11) is -3.13. The number of carboxylic acid groups (broad SMARTS) is 1. The van der Waals surface area contributed by atoms with Gasteiger partial charge in [0.25, 0.3) is 5.91 Å². The van der Waals surface area contributed by atoms with Gasteiger partial charge < -0.3 is 14.9 Å². The maximum absolute atomic E-state index is 11.6. The molecule has 104 valence electrons. The van der Waals surface area contributed by atoms with Crippen LogP contribution in [0.2, 0.25) is 0 Å². The first kappa shape index (κ1) is 13.5. The van der Waals surface area contributed by atoms with Crippen LogP contribution in [-0.4, -0.2) is 48.1 Å². The van der Waals surface area contributed by atoms with Gasteiger partial charge in [0, 0.05) is 12.6 Å². The molecule has 1 aromatic rings. The molecule has 0 aromatic carbocycles. The molecule has 8 nitrogen and oxygen atoms in total. The number of nitrogens with zero attached hydrogens (tertiary/aromatic N) is 1. The Labute approximate surface area is 108 Å². The highest BCUT2D eigenvalue weighted by Gasteiger charge is 2.31. The van der Waals surface area contributed by atoms with Gasteiger partial charge in [-0.3, -0.25) is 4.79 Å². The molecule has 1 aromatic heterocycles. The number of hydrogen-bond donors (Lipinski definition) is 2. The molecule has 1 atom stereocenters. The minimum absolute atomic E-state index is 0.00354. The van der Waals surface area contributed by atoms with E-state index in [1.54, 1.807) is 0 Å². The van der Waals surface area contributed by atoms with Crippen LogP contribution in [0, 0.1) is 0 Å². The van der Waals surface area contributed by atoms with Crippen LogP contribution < -0.4 is 5.32 Å². The Balaban J connectivity index is 1.96. The van der Waals surface area contributed by atoms with Crippen molar-refractivity contribution in [2.24, 2.45) is 0 Å². The number of carbonyl (C=O) groups excluding carboxylic acids is 1. The lowest BCUT2D eigenvalue weighted by atomic mass is 10.2. The van der Waals surface area contributed by atoms with Crippen molar-refractivity contribution in [3.63, 3.8) is 0 Å². The fourth-order valence-corrected chi connectivity index (χ4v) is 3.63. The highest BCUT2D eigenvalue weighted by molar-refractivity contribution is 7.92. The Morgan fingerprint density at radius 1 is 1.53 bits per heavy atom. The van der Waals surface area contributed by atoms with Gasteiger partial charge in [-0.2, -0.15) is 0 Å². The van der Waals surface area contributed by atoms with Crippen LogP contribution in [0.5, 0.6) is 0 Å². The molecule has 0 saturated carbocycles. The number of nitrogens with one attached hydrogen (secondary N) is 1. The van der Waals surface area contributed by atoms with Crippen molar-refractivity contribution in [1.82, 2.24) is 10.5 Å². The van der Waals surface area contributed by atoms with Gasteiger partial charge >= 0.3 is 5.97 Å². The molecule has 1 aliphatic heterocycles. The molecule has 0 bridgehead atoms. The Morgan fingerprint density at radius 3 is 2.79 bits per heavy atom. The molecular weight excluding hydrogens is 276 g/mol. The predicted molar refractivity (Wildman–Crippen MR) is 62.6 cm³/mol. The molecule has 1 amide bonds. The van der Waals surface area contributed by atoms with Crippen molar-refractivity contribution >= 4 is 21.7 Å². The highest BCUT2D eigenvalue weighted by atomic mass is 32.2. The topological polar surface area (TPSA) is 127 Å². The zero-order chi connectivity index (χ0) is 14.0. The molecule has 1 aliphatic rings. The van der Waals surface area contributed by atoms with E-state index in [2.05, 4.69) is 15.0 Å². The van der Waals surface area contributed by atoms with E-state index in [4.69, 9.17) is 5.11 Å². The zero-order valence-electron chi connectivity index (χ0n) is 9.83. The van der Waals surface area contributed by atoms with Crippen molar-refractivity contribution in [3.05, 3.63) is 17.5 Å². The fraction of sp³-hybridized carbons (Fsp3) is 0.500. The predicted octanol–water partition coefficient (Wildman–Crippen LogP) is -0.320. The SMILES string of the molecule is O=C(NCC1CCCS1(=O)=O)c1cc(C(=O)O)on1. The first-order valence-electron chi connectivity index (χ1n) is 5.60. The number of carbonyl (C=O) groups is 2. The van der Waals surface area contributed by atoms with E-state index in [0.29, 0.717) is 12.8 Å². The van der Waals surface area contributed by atoms with Gasteiger partial charge in [-0.25, -0.2) is 13.2 Å². The Kier molecular flexibility index (Phi) is 3.56. The number of rotatable bonds is 4. The zero-order valence-corrected chi connectivity index (χ0v) is 10.6. The van der Waals surface area contributed by atoms with Crippen molar-refractivity contribution in [2.75, 3.05) is 12.3 Å². The summed E-state index contributed by atoms with van der Waals surface area (Å²) in [6, 6.07) is 0.987. The number of aromatic carboxylic acids is 1. The molecule has 1 saturated heterocycles. The first-order chi connectivity index (χ1) is 8.90. The number of hydrogen-bond acceptors (Lipinski definition) is 6. The van der Waals surface area contributed by atoms with Gasteiger partial charge in [0.05, 0.1) is 11.0 Å². The van der Waals surface area contributed by atoms with E-state index < -0.39 is 32.7 Å². The second-order valence-electron chi connectivity index (χ2n) is 4.22. The summed E-state index contributed by atoms with van der Waals surface area (Å²) >= 11 is 0. The molecule has 0 aliphatic carbocycles. The van der Waals surface area contributed by atoms with Crippen molar-refractivity contribution in [1.29, 1.82) is 0 Å². The maximum atomic E-state index is 11.6. The average Bonchev–Trinajstić information content (AvgIpc) is 2.92. The molecule has 19 heavy (non-hydrogen) atoms. The summed E-state index contributed by atoms with van der Waals surface area (Å²) < 4.78 is 27.5. The van der Waals surface area contributed by atoms with E-state index in [-0.39, 0.29) is 18.0 Å². The number of amides is 1. The lowest BCUT2D eigenvalue weighted by molar-refractivity contribution is 0.0651. The molecule has 2 heterocycles. The Morgan fingerprint density at radius 2 is 2.26 bits per heavy atom.